The van der Waals surface area contributed by atoms with Crippen LogP contribution in [-0.2, 0) is 18.3 Å². The molecule has 0 atom stereocenters. The van der Waals surface area contributed by atoms with E-state index < -0.39 is 0 Å². The summed E-state index contributed by atoms with van der Waals surface area (Å²) >= 11 is 3.37. The van der Waals surface area contributed by atoms with Crippen molar-refractivity contribution < 1.29 is 4.79 Å². The maximum absolute atomic E-state index is 11.8. The highest BCUT2D eigenvalue weighted by Crippen LogP contribution is 2.16. The second-order valence-corrected chi connectivity index (χ2v) is 5.19. The molecule has 0 aliphatic carbocycles. The van der Waals surface area contributed by atoms with Gasteiger partial charge in [0.1, 0.15) is 5.82 Å². The van der Waals surface area contributed by atoms with Gasteiger partial charge in [0, 0.05) is 24.1 Å². The molecule has 6 heteroatoms. The van der Waals surface area contributed by atoms with Crippen molar-refractivity contribution in [3.63, 3.8) is 0 Å². The molecule has 0 fully saturated rings. The Morgan fingerprint density at radius 2 is 2.26 bits per heavy atom. The summed E-state index contributed by atoms with van der Waals surface area (Å²) in [6, 6.07) is 3.65. The molecule has 0 aromatic carbocycles. The highest BCUT2D eigenvalue weighted by atomic mass is 79.9. The topological polar surface area (TPSA) is 59.8 Å². The van der Waals surface area contributed by atoms with E-state index in [-0.39, 0.29) is 5.91 Å². The molecule has 19 heavy (non-hydrogen) atoms. The van der Waals surface area contributed by atoms with Crippen LogP contribution in [0, 0.1) is 6.92 Å². The molecule has 0 radical (unpaired) electrons. The van der Waals surface area contributed by atoms with Crippen LogP contribution in [0.15, 0.2) is 29.0 Å². The number of aryl methyl sites for hydroxylation is 3. The highest BCUT2D eigenvalue weighted by molar-refractivity contribution is 9.10. The van der Waals surface area contributed by atoms with Crippen molar-refractivity contribution in [2.45, 2.75) is 19.8 Å². The molecule has 1 N–H and O–H groups in total. The summed E-state index contributed by atoms with van der Waals surface area (Å²) in [5, 5.41) is 6.86. The quantitative estimate of drug-likeness (QED) is 0.940. The van der Waals surface area contributed by atoms with Crippen LogP contribution in [0.1, 0.15) is 17.7 Å². The number of pyridine rings is 1. The number of rotatable bonds is 4. The van der Waals surface area contributed by atoms with Gasteiger partial charge in [-0.25, -0.2) is 4.98 Å². The van der Waals surface area contributed by atoms with Crippen LogP contribution in [0.25, 0.3) is 0 Å². The molecule has 0 saturated carbocycles. The van der Waals surface area contributed by atoms with Crippen molar-refractivity contribution in [1.82, 2.24) is 14.8 Å². The number of carbonyl (C=O) groups excluding carboxylic acids is 1. The molecule has 2 aromatic heterocycles. The van der Waals surface area contributed by atoms with Crippen molar-refractivity contribution in [2.75, 3.05) is 5.32 Å². The monoisotopic (exact) mass is 322 g/mol. The first kappa shape index (κ1) is 13.7. The molecule has 0 aliphatic heterocycles. The van der Waals surface area contributed by atoms with Gasteiger partial charge in [0.2, 0.25) is 5.91 Å². The largest absolute Gasteiger partial charge is 0.311 e. The lowest BCUT2D eigenvalue weighted by atomic mass is 10.2. The molecule has 0 bridgehead atoms. The second-order valence-electron chi connectivity index (χ2n) is 4.33. The average molecular weight is 323 g/mol. The van der Waals surface area contributed by atoms with E-state index in [0.29, 0.717) is 18.7 Å². The lowest BCUT2D eigenvalue weighted by Gasteiger charge is -2.05. The summed E-state index contributed by atoms with van der Waals surface area (Å²) in [7, 11) is 1.86. The standard InChI is InChI=1S/C13H15BrN4O/c1-9-11(14)4-5-12(16-9)17-13(19)6-3-10-7-15-18(2)8-10/h4-5,7-8H,3,6H2,1-2H3,(H,16,17,19). The maximum Gasteiger partial charge on any atom is 0.225 e. The number of anilines is 1. The highest BCUT2D eigenvalue weighted by Gasteiger charge is 2.06. The predicted octanol–water partition coefficient (Wildman–Crippen LogP) is 2.46. The van der Waals surface area contributed by atoms with Gasteiger partial charge in [0.15, 0.2) is 0 Å². The fraction of sp³-hybridized carbons (Fsp3) is 0.308. The van der Waals surface area contributed by atoms with E-state index in [1.165, 1.54) is 0 Å². The number of nitrogens with zero attached hydrogens (tertiary/aromatic N) is 3. The van der Waals surface area contributed by atoms with E-state index in [1.54, 1.807) is 16.9 Å². The van der Waals surface area contributed by atoms with E-state index in [4.69, 9.17) is 0 Å². The Kier molecular flexibility index (Phi) is 4.31. The third-order valence-electron chi connectivity index (χ3n) is 2.69. The van der Waals surface area contributed by atoms with Crippen molar-refractivity contribution in [3.8, 4) is 0 Å². The predicted molar refractivity (Wildman–Crippen MR) is 76.8 cm³/mol. The van der Waals surface area contributed by atoms with Crippen LogP contribution in [0.5, 0.6) is 0 Å². The minimum Gasteiger partial charge on any atom is -0.311 e. The van der Waals surface area contributed by atoms with Gasteiger partial charge in [-0.2, -0.15) is 5.10 Å². The Balaban J connectivity index is 1.88. The zero-order valence-corrected chi connectivity index (χ0v) is 12.4. The van der Waals surface area contributed by atoms with Crippen LogP contribution in [0.2, 0.25) is 0 Å². The number of carbonyl (C=O) groups is 1. The number of nitrogens with one attached hydrogen (secondary N) is 1. The van der Waals surface area contributed by atoms with E-state index in [2.05, 4.69) is 31.3 Å². The first-order valence-corrected chi connectivity index (χ1v) is 6.74. The van der Waals surface area contributed by atoms with Gasteiger partial charge in [0.25, 0.3) is 0 Å². The second kappa shape index (κ2) is 5.97. The van der Waals surface area contributed by atoms with Gasteiger partial charge in [0.05, 0.1) is 11.9 Å². The van der Waals surface area contributed by atoms with E-state index >= 15 is 0 Å². The SMILES string of the molecule is Cc1nc(NC(=O)CCc2cnn(C)c2)ccc1Br. The zero-order chi connectivity index (χ0) is 13.8. The minimum atomic E-state index is -0.0434. The Morgan fingerprint density at radius 3 is 2.89 bits per heavy atom. The number of hydrogen-bond acceptors (Lipinski definition) is 3. The fourth-order valence-corrected chi connectivity index (χ4v) is 1.90. The van der Waals surface area contributed by atoms with Crippen LogP contribution >= 0.6 is 15.9 Å². The van der Waals surface area contributed by atoms with Crippen LogP contribution < -0.4 is 5.32 Å². The molecule has 2 aromatic rings. The van der Waals surface area contributed by atoms with Crippen molar-refractivity contribution in [1.29, 1.82) is 0 Å². The van der Waals surface area contributed by atoms with Crippen molar-refractivity contribution >= 4 is 27.7 Å². The smallest absolute Gasteiger partial charge is 0.225 e. The van der Waals surface area contributed by atoms with Gasteiger partial charge >= 0.3 is 0 Å². The van der Waals surface area contributed by atoms with Crippen LogP contribution in [0.4, 0.5) is 5.82 Å². The molecule has 1 amide bonds. The average Bonchev–Trinajstić information content (AvgIpc) is 2.77. The first-order valence-electron chi connectivity index (χ1n) is 5.95. The molecule has 2 heterocycles. The summed E-state index contributed by atoms with van der Waals surface area (Å²) in [6.45, 7) is 1.88. The summed E-state index contributed by atoms with van der Waals surface area (Å²) < 4.78 is 2.66. The summed E-state index contributed by atoms with van der Waals surface area (Å²) in [5.41, 5.74) is 1.91. The minimum absolute atomic E-state index is 0.0434. The molecule has 0 spiro atoms. The van der Waals surface area contributed by atoms with Gasteiger partial charge in [-0.05, 0) is 47.0 Å². The van der Waals surface area contributed by atoms with Crippen LogP contribution in [-0.4, -0.2) is 20.7 Å². The van der Waals surface area contributed by atoms with E-state index in [0.717, 1.165) is 15.7 Å². The van der Waals surface area contributed by atoms with Crippen LogP contribution in [0.3, 0.4) is 0 Å². The molecular weight excluding hydrogens is 308 g/mol. The van der Waals surface area contributed by atoms with Crippen molar-refractivity contribution in [3.05, 3.63) is 40.3 Å². The normalized spacial score (nSPS) is 10.5. The number of halogens is 1. The summed E-state index contributed by atoms with van der Waals surface area (Å²) in [4.78, 5) is 16.1. The molecule has 0 saturated heterocycles. The molecule has 2 rings (SSSR count). The lowest BCUT2D eigenvalue weighted by Crippen LogP contribution is -2.13. The zero-order valence-electron chi connectivity index (χ0n) is 10.9. The summed E-state index contributed by atoms with van der Waals surface area (Å²) in [6.07, 6.45) is 4.78. The van der Waals surface area contributed by atoms with E-state index in [9.17, 15) is 4.79 Å². The number of hydrogen-bond donors (Lipinski definition) is 1. The van der Waals surface area contributed by atoms with E-state index in [1.807, 2.05) is 26.2 Å². The molecule has 5 nitrogen and oxygen atoms in total. The third-order valence-corrected chi connectivity index (χ3v) is 3.53. The van der Waals surface area contributed by atoms with Gasteiger partial charge < -0.3 is 5.32 Å². The summed E-state index contributed by atoms with van der Waals surface area (Å²) in [5.74, 6) is 0.537. The maximum atomic E-state index is 11.8. The third kappa shape index (κ3) is 3.89. The Bertz CT molecular complexity index is 594. The number of aromatic nitrogens is 3. The van der Waals surface area contributed by atoms with Crippen molar-refractivity contribution in [2.24, 2.45) is 7.05 Å². The molecule has 100 valence electrons. The molecule has 0 unspecified atom stereocenters. The molecular formula is C13H15BrN4O. The van der Waals surface area contributed by atoms with Gasteiger partial charge in [-0.3, -0.25) is 9.48 Å². The first-order chi connectivity index (χ1) is 9.04. The van der Waals surface area contributed by atoms with Gasteiger partial charge in [-0.15, -0.1) is 0 Å². The Labute approximate surface area is 120 Å². The van der Waals surface area contributed by atoms with Gasteiger partial charge in [-0.1, -0.05) is 0 Å². The Morgan fingerprint density at radius 1 is 1.47 bits per heavy atom. The fourth-order valence-electron chi connectivity index (χ4n) is 1.68. The molecule has 0 aliphatic rings. The Hall–Kier alpha value is -1.69. The lowest BCUT2D eigenvalue weighted by molar-refractivity contribution is -0.116. The number of amides is 1.